The molecule has 1 N–H and O–H groups in total. The highest BCUT2D eigenvalue weighted by Gasteiger charge is 2.27. The summed E-state index contributed by atoms with van der Waals surface area (Å²) in [5.41, 5.74) is -0.776. The maximum atomic E-state index is 12.9. The third-order valence-electron chi connectivity index (χ3n) is 4.81. The largest absolute Gasteiger partial charge is 0.486 e. The van der Waals surface area contributed by atoms with Gasteiger partial charge >= 0.3 is 17.7 Å². The zero-order valence-corrected chi connectivity index (χ0v) is 24.4. The van der Waals surface area contributed by atoms with Crippen molar-refractivity contribution in [2.45, 2.75) is 64.8 Å². The zero-order chi connectivity index (χ0) is 29.2. The Morgan fingerprint density at radius 3 is 2.33 bits per heavy atom. The first-order chi connectivity index (χ1) is 18.2. The number of rotatable bonds is 12. The molecule has 0 aliphatic rings. The van der Waals surface area contributed by atoms with Gasteiger partial charge in [-0.3, -0.25) is 14.9 Å². The van der Waals surface area contributed by atoms with Crippen molar-refractivity contribution in [2.24, 2.45) is 5.41 Å². The first-order valence-corrected chi connectivity index (χ1v) is 14.3. The predicted molar refractivity (Wildman–Crippen MR) is 149 cm³/mol. The second-order valence-corrected chi connectivity index (χ2v) is 12.7. The second kappa shape index (κ2) is 14.2. The minimum Gasteiger partial charge on any atom is -0.486 e. The van der Waals surface area contributed by atoms with Crippen LogP contribution in [-0.4, -0.2) is 51.8 Å². The highest BCUT2D eigenvalue weighted by Crippen LogP contribution is 2.35. The van der Waals surface area contributed by atoms with Gasteiger partial charge in [-0.05, 0) is 55.3 Å². The summed E-state index contributed by atoms with van der Waals surface area (Å²) in [6.07, 6.45) is 0.629. The number of amides is 1. The number of carbonyl (C=O) groups is 3. The summed E-state index contributed by atoms with van der Waals surface area (Å²) in [6.45, 7) is 10.4. The third kappa shape index (κ3) is 11.5. The summed E-state index contributed by atoms with van der Waals surface area (Å²) in [7, 11) is 2.11. The molecule has 0 fully saturated rings. The van der Waals surface area contributed by atoms with Crippen molar-refractivity contribution in [1.29, 1.82) is 0 Å². The Bertz CT molecular complexity index is 1160. The van der Waals surface area contributed by atoms with Crippen LogP contribution in [0.2, 0.25) is 0 Å². The van der Waals surface area contributed by atoms with Crippen molar-refractivity contribution in [2.75, 3.05) is 12.4 Å². The number of hydrogen-bond acceptors (Lipinski definition) is 11. The van der Waals surface area contributed by atoms with E-state index in [0.29, 0.717) is 11.3 Å². The number of hydrogen-bond donors (Lipinski definition) is 1. The number of pyridine rings is 1. The highest BCUT2D eigenvalue weighted by atomic mass is 33.1. The van der Waals surface area contributed by atoms with Crippen molar-refractivity contribution < 1.29 is 33.5 Å². The van der Waals surface area contributed by atoms with Crippen LogP contribution in [0.25, 0.3) is 0 Å². The van der Waals surface area contributed by atoms with Crippen LogP contribution >= 0.6 is 21.6 Å². The lowest BCUT2D eigenvalue weighted by Gasteiger charge is -2.22. The predicted octanol–water partition coefficient (Wildman–Crippen LogP) is 5.36. The van der Waals surface area contributed by atoms with Gasteiger partial charge in [0.2, 0.25) is 0 Å². The molecule has 0 spiro atoms. The van der Waals surface area contributed by atoms with E-state index in [1.165, 1.54) is 18.3 Å². The van der Waals surface area contributed by atoms with E-state index >= 15 is 0 Å². The standard InChI is InChI=1S/C26H33N3O8S2/c1-25(2,3)21(30)15-35-18-11-9-17(10-12-18)14-36-23(31)19(28-24(32)37-26(4,5)6)16-38-39-22-20(29(33)34)8-7-13-27-22/h7-13,19H,14-16H2,1-6H3,(H,28,32). The number of ketones is 1. The Labute approximate surface area is 235 Å². The fraction of sp³-hybridized carbons (Fsp3) is 0.462. The molecule has 1 unspecified atom stereocenters. The third-order valence-corrected chi connectivity index (χ3v) is 7.10. The lowest BCUT2D eigenvalue weighted by atomic mass is 9.91. The van der Waals surface area contributed by atoms with Crippen LogP contribution in [0.5, 0.6) is 5.75 Å². The summed E-state index contributed by atoms with van der Waals surface area (Å²) in [5, 5.41) is 13.9. The molecule has 39 heavy (non-hydrogen) atoms. The van der Waals surface area contributed by atoms with Crippen LogP contribution in [0.1, 0.15) is 47.1 Å². The lowest BCUT2D eigenvalue weighted by molar-refractivity contribution is -0.388. The lowest BCUT2D eigenvalue weighted by Crippen LogP contribution is -2.45. The molecule has 11 nitrogen and oxygen atoms in total. The summed E-state index contributed by atoms with van der Waals surface area (Å²) in [4.78, 5) is 51.9. The van der Waals surface area contributed by atoms with Crippen LogP contribution in [0.4, 0.5) is 10.5 Å². The van der Waals surface area contributed by atoms with E-state index in [1.807, 2.05) is 20.8 Å². The normalized spacial score (nSPS) is 12.3. The summed E-state index contributed by atoms with van der Waals surface area (Å²) in [6, 6.07) is 8.44. The second-order valence-electron chi connectivity index (χ2n) is 10.4. The topological polar surface area (TPSA) is 147 Å². The quantitative estimate of drug-likeness (QED) is 0.150. The number of aromatic nitrogens is 1. The van der Waals surface area contributed by atoms with E-state index in [2.05, 4.69) is 10.3 Å². The number of Topliss-reactive ketones (excluding diaryl/α,β-unsaturated/α-hetero) is 1. The molecule has 1 heterocycles. The smallest absolute Gasteiger partial charge is 0.408 e. The molecule has 0 saturated carbocycles. The number of benzene rings is 1. The number of nitro groups is 1. The molecule has 0 aliphatic heterocycles. The Kier molecular flexibility index (Phi) is 11.6. The molecule has 0 aliphatic carbocycles. The van der Waals surface area contributed by atoms with Crippen molar-refractivity contribution in [3.05, 3.63) is 58.3 Å². The number of ether oxygens (including phenoxy) is 3. The van der Waals surface area contributed by atoms with Gasteiger partial charge in [-0.15, -0.1) is 0 Å². The van der Waals surface area contributed by atoms with Gasteiger partial charge in [0, 0.05) is 23.4 Å². The van der Waals surface area contributed by atoms with Gasteiger partial charge in [-0.25, -0.2) is 14.6 Å². The molecule has 1 aromatic carbocycles. The van der Waals surface area contributed by atoms with E-state index in [4.69, 9.17) is 14.2 Å². The highest BCUT2D eigenvalue weighted by molar-refractivity contribution is 8.76. The van der Waals surface area contributed by atoms with Gasteiger partial charge < -0.3 is 19.5 Å². The summed E-state index contributed by atoms with van der Waals surface area (Å²) < 4.78 is 16.2. The SMILES string of the molecule is CC(C)(C)OC(=O)NC(CSSc1ncccc1[N+](=O)[O-])C(=O)OCc1ccc(OCC(=O)C(C)(C)C)cc1. The fourth-order valence-corrected chi connectivity index (χ4v) is 4.86. The van der Waals surface area contributed by atoms with E-state index < -0.39 is 34.0 Å². The maximum absolute atomic E-state index is 12.9. The molecule has 1 atom stereocenters. The maximum Gasteiger partial charge on any atom is 0.408 e. The first-order valence-electron chi connectivity index (χ1n) is 12.0. The summed E-state index contributed by atoms with van der Waals surface area (Å²) >= 11 is 0. The van der Waals surface area contributed by atoms with E-state index in [1.54, 1.807) is 45.0 Å². The molecular weight excluding hydrogens is 546 g/mol. The Hall–Kier alpha value is -3.32. The summed E-state index contributed by atoms with van der Waals surface area (Å²) in [5.74, 6) is -0.201. The Balaban J connectivity index is 1.99. The molecule has 0 saturated heterocycles. The fourth-order valence-electron chi connectivity index (χ4n) is 2.66. The molecule has 1 aromatic heterocycles. The van der Waals surface area contributed by atoms with Crippen LogP contribution in [0.3, 0.4) is 0 Å². The average Bonchev–Trinajstić information content (AvgIpc) is 2.84. The number of esters is 1. The van der Waals surface area contributed by atoms with Crippen LogP contribution in [0.15, 0.2) is 47.6 Å². The van der Waals surface area contributed by atoms with E-state index in [0.717, 1.165) is 21.6 Å². The Morgan fingerprint density at radius 1 is 1.08 bits per heavy atom. The number of carbonyl (C=O) groups excluding carboxylic acids is 3. The zero-order valence-electron chi connectivity index (χ0n) is 22.7. The molecule has 2 rings (SSSR count). The molecule has 2 aromatic rings. The van der Waals surface area contributed by atoms with Gasteiger partial charge in [0.15, 0.2) is 10.8 Å². The molecular formula is C26H33N3O8S2. The number of nitrogens with one attached hydrogen (secondary N) is 1. The molecule has 212 valence electrons. The van der Waals surface area contributed by atoms with Crippen molar-refractivity contribution in [1.82, 2.24) is 10.3 Å². The number of nitrogens with zero attached hydrogens (tertiary/aromatic N) is 2. The molecule has 0 bridgehead atoms. The molecule has 0 radical (unpaired) electrons. The monoisotopic (exact) mass is 579 g/mol. The van der Waals surface area contributed by atoms with Gasteiger partial charge in [0.25, 0.3) is 0 Å². The van der Waals surface area contributed by atoms with E-state index in [-0.39, 0.29) is 35.5 Å². The van der Waals surface area contributed by atoms with Crippen LogP contribution in [-0.2, 0) is 25.7 Å². The minimum atomic E-state index is -1.09. The van der Waals surface area contributed by atoms with Crippen LogP contribution < -0.4 is 10.1 Å². The van der Waals surface area contributed by atoms with Gasteiger partial charge in [-0.1, -0.05) is 43.7 Å². The van der Waals surface area contributed by atoms with E-state index in [9.17, 15) is 24.5 Å². The first kappa shape index (κ1) is 31.9. The van der Waals surface area contributed by atoms with Gasteiger partial charge in [-0.2, -0.15) is 0 Å². The molecule has 13 heteroatoms. The number of alkyl carbamates (subject to hydrolysis) is 1. The van der Waals surface area contributed by atoms with Crippen molar-refractivity contribution in [3.63, 3.8) is 0 Å². The molecule has 1 amide bonds. The van der Waals surface area contributed by atoms with Gasteiger partial charge in [0.05, 0.1) is 4.92 Å². The van der Waals surface area contributed by atoms with Gasteiger partial charge in [0.1, 0.15) is 30.6 Å². The average molecular weight is 580 g/mol. The van der Waals surface area contributed by atoms with Crippen molar-refractivity contribution in [3.8, 4) is 5.75 Å². The van der Waals surface area contributed by atoms with Crippen molar-refractivity contribution >= 4 is 45.1 Å². The van der Waals surface area contributed by atoms with Crippen LogP contribution in [0, 0.1) is 15.5 Å². The minimum absolute atomic E-state index is 0.0299. The Morgan fingerprint density at radius 2 is 1.74 bits per heavy atom.